The highest BCUT2D eigenvalue weighted by Crippen LogP contribution is 2.42. The van der Waals surface area contributed by atoms with Crippen LogP contribution in [0.15, 0.2) is 79.0 Å². The second kappa shape index (κ2) is 11.3. The molecule has 10 heteroatoms. The summed E-state index contributed by atoms with van der Waals surface area (Å²) in [7, 11) is -3.57. The molecule has 200 valence electrons. The van der Waals surface area contributed by atoms with E-state index in [9.17, 15) is 17.6 Å². The van der Waals surface area contributed by atoms with Crippen molar-refractivity contribution in [3.63, 3.8) is 0 Å². The van der Waals surface area contributed by atoms with E-state index in [1.165, 1.54) is 24.4 Å². The van der Waals surface area contributed by atoms with Crippen molar-refractivity contribution in [2.75, 3.05) is 16.3 Å². The molecule has 39 heavy (non-hydrogen) atoms. The lowest BCUT2D eigenvalue weighted by Gasteiger charge is -2.12. The Bertz CT molecular complexity index is 1590. The van der Waals surface area contributed by atoms with Crippen LogP contribution in [0.3, 0.4) is 0 Å². The Kier molecular flexibility index (Phi) is 7.67. The molecular formula is C29H27FN4O4S. The van der Waals surface area contributed by atoms with Gasteiger partial charge in [0.15, 0.2) is 5.82 Å². The van der Waals surface area contributed by atoms with Crippen molar-refractivity contribution in [2.45, 2.75) is 32.0 Å². The van der Waals surface area contributed by atoms with Crippen molar-refractivity contribution < 1.29 is 22.3 Å². The molecule has 0 aliphatic heterocycles. The molecule has 4 aromatic rings. The van der Waals surface area contributed by atoms with Crippen molar-refractivity contribution in [3.05, 3.63) is 107 Å². The fourth-order valence-electron chi connectivity index (χ4n) is 4.05. The number of anilines is 2. The minimum atomic E-state index is -3.57. The molecule has 0 atom stereocenters. The normalized spacial score (nSPS) is 13.2. The number of amides is 1. The summed E-state index contributed by atoms with van der Waals surface area (Å²) in [6, 6.07) is 21.0. The van der Waals surface area contributed by atoms with Crippen LogP contribution in [0.25, 0.3) is 11.3 Å². The highest BCUT2D eigenvalue weighted by molar-refractivity contribution is 7.92. The number of nitrogens with one attached hydrogen (secondary N) is 2. The molecule has 8 nitrogen and oxygen atoms in total. The van der Waals surface area contributed by atoms with Crippen LogP contribution < -0.4 is 10.0 Å². The highest BCUT2D eigenvalue weighted by Gasteiger charge is 2.29. The summed E-state index contributed by atoms with van der Waals surface area (Å²) in [6.07, 6.45) is 4.38. The number of rotatable bonds is 10. The second-order valence-corrected chi connectivity index (χ2v) is 11.2. The van der Waals surface area contributed by atoms with Crippen molar-refractivity contribution in [1.82, 2.24) is 9.97 Å². The molecule has 1 saturated carbocycles. The minimum absolute atomic E-state index is 0.153. The van der Waals surface area contributed by atoms with Crippen LogP contribution in [-0.2, 0) is 28.0 Å². The lowest BCUT2D eigenvalue weighted by atomic mass is 10.1. The van der Waals surface area contributed by atoms with E-state index in [0.717, 1.165) is 30.2 Å². The van der Waals surface area contributed by atoms with Gasteiger partial charge in [0, 0.05) is 17.2 Å². The van der Waals surface area contributed by atoms with E-state index in [4.69, 9.17) is 4.74 Å². The average Bonchev–Trinajstić information content (AvgIpc) is 3.75. The smallest absolute Gasteiger partial charge is 0.258 e. The molecule has 1 aromatic heterocycles. The Balaban J connectivity index is 1.28. The van der Waals surface area contributed by atoms with Gasteiger partial charge in [-0.25, -0.2) is 17.8 Å². The van der Waals surface area contributed by atoms with Gasteiger partial charge in [0.2, 0.25) is 10.0 Å². The number of ether oxygens (including phenoxy) is 1. The summed E-state index contributed by atoms with van der Waals surface area (Å²) in [5.41, 5.74) is 3.68. The first-order chi connectivity index (χ1) is 18.7. The van der Waals surface area contributed by atoms with Gasteiger partial charge in [0.05, 0.1) is 42.6 Å². The number of carbonyl (C=O) groups is 1. The summed E-state index contributed by atoms with van der Waals surface area (Å²) >= 11 is 0. The number of hydrogen-bond donors (Lipinski definition) is 2. The molecule has 0 spiro atoms. The Hall–Kier alpha value is -4.15. The minimum Gasteiger partial charge on any atom is -0.372 e. The third-order valence-corrected chi connectivity index (χ3v) is 6.71. The summed E-state index contributed by atoms with van der Waals surface area (Å²) in [5.74, 6) is -1.01. The topological polar surface area (TPSA) is 110 Å². The standard InChI is InChI=1S/C29H27FN4O4S/c1-39(36,37)34-28-27(21-9-10-21)31-16-26(33-28)22-11-14-25(30)24(15-22)29(35)32-23-12-7-20(8-13-23)18-38-17-19-5-3-2-4-6-19/h2-8,11-16,21H,9-10,17-18H2,1H3,(H,32,35)(H,33,34). The van der Waals surface area contributed by atoms with Gasteiger partial charge in [-0.3, -0.25) is 14.5 Å². The maximum atomic E-state index is 14.7. The Morgan fingerprint density at radius 3 is 2.36 bits per heavy atom. The first kappa shape index (κ1) is 26.5. The van der Waals surface area contributed by atoms with E-state index < -0.39 is 21.7 Å². The number of nitrogens with zero attached hydrogens (tertiary/aromatic N) is 2. The summed E-state index contributed by atoms with van der Waals surface area (Å²) in [5, 5.41) is 2.71. The van der Waals surface area contributed by atoms with Crippen molar-refractivity contribution >= 4 is 27.4 Å². The highest BCUT2D eigenvalue weighted by atomic mass is 32.2. The van der Waals surface area contributed by atoms with Gasteiger partial charge in [-0.2, -0.15) is 0 Å². The number of benzene rings is 3. The summed E-state index contributed by atoms with van der Waals surface area (Å²) < 4.78 is 46.5. The molecule has 1 amide bonds. The van der Waals surface area contributed by atoms with E-state index >= 15 is 0 Å². The molecule has 1 heterocycles. The fraction of sp³-hybridized carbons (Fsp3) is 0.207. The Morgan fingerprint density at radius 1 is 1.00 bits per heavy atom. The third-order valence-electron chi connectivity index (χ3n) is 6.15. The zero-order valence-electron chi connectivity index (χ0n) is 21.2. The van der Waals surface area contributed by atoms with Gasteiger partial charge >= 0.3 is 0 Å². The van der Waals surface area contributed by atoms with E-state index in [2.05, 4.69) is 20.0 Å². The molecular weight excluding hydrogens is 519 g/mol. The summed E-state index contributed by atoms with van der Waals surface area (Å²) in [4.78, 5) is 21.8. The fourth-order valence-corrected chi connectivity index (χ4v) is 4.55. The number of hydrogen-bond acceptors (Lipinski definition) is 6. The number of halogens is 1. The van der Waals surface area contributed by atoms with E-state index in [-0.39, 0.29) is 17.3 Å². The lowest BCUT2D eigenvalue weighted by molar-refractivity contribution is 0.102. The number of aromatic nitrogens is 2. The molecule has 1 aliphatic rings. The predicted octanol–water partition coefficient (Wildman–Crippen LogP) is 5.50. The number of sulfonamides is 1. The van der Waals surface area contributed by atoms with Crippen LogP contribution in [0.1, 0.15) is 45.9 Å². The van der Waals surface area contributed by atoms with Gasteiger partial charge in [0.25, 0.3) is 5.91 Å². The van der Waals surface area contributed by atoms with Crippen LogP contribution in [0.4, 0.5) is 15.9 Å². The van der Waals surface area contributed by atoms with Crippen LogP contribution in [-0.4, -0.2) is 30.5 Å². The van der Waals surface area contributed by atoms with E-state index in [0.29, 0.717) is 35.9 Å². The largest absolute Gasteiger partial charge is 0.372 e. The Morgan fingerprint density at radius 2 is 1.69 bits per heavy atom. The van der Waals surface area contributed by atoms with Gasteiger partial charge < -0.3 is 10.1 Å². The molecule has 1 fully saturated rings. The maximum absolute atomic E-state index is 14.7. The maximum Gasteiger partial charge on any atom is 0.258 e. The van der Waals surface area contributed by atoms with Gasteiger partial charge in [0.1, 0.15) is 5.82 Å². The third kappa shape index (κ3) is 7.04. The second-order valence-electron chi connectivity index (χ2n) is 9.46. The zero-order chi connectivity index (χ0) is 27.4. The van der Waals surface area contributed by atoms with Crippen LogP contribution in [0, 0.1) is 5.82 Å². The molecule has 5 rings (SSSR count). The first-order valence-electron chi connectivity index (χ1n) is 12.4. The SMILES string of the molecule is CS(=O)(=O)Nc1nc(-c2ccc(F)c(C(=O)Nc3ccc(COCc4ccccc4)cc3)c2)cnc1C1CC1. The van der Waals surface area contributed by atoms with Crippen molar-refractivity contribution in [2.24, 2.45) is 0 Å². The van der Waals surface area contributed by atoms with E-state index in [1.807, 2.05) is 42.5 Å². The first-order valence-corrected chi connectivity index (χ1v) is 14.3. The number of carbonyl (C=O) groups excluding carboxylic acids is 1. The molecule has 0 bridgehead atoms. The molecule has 0 radical (unpaired) electrons. The van der Waals surface area contributed by atoms with Gasteiger partial charge in [-0.15, -0.1) is 0 Å². The molecule has 1 aliphatic carbocycles. The van der Waals surface area contributed by atoms with Gasteiger partial charge in [-0.05, 0) is 54.3 Å². The predicted molar refractivity (Wildman–Crippen MR) is 147 cm³/mol. The Labute approximate surface area is 226 Å². The molecule has 3 aromatic carbocycles. The summed E-state index contributed by atoms with van der Waals surface area (Å²) in [6.45, 7) is 0.908. The van der Waals surface area contributed by atoms with Crippen molar-refractivity contribution in [3.8, 4) is 11.3 Å². The molecule has 0 unspecified atom stereocenters. The van der Waals surface area contributed by atoms with E-state index in [1.54, 1.807) is 12.1 Å². The zero-order valence-corrected chi connectivity index (χ0v) is 22.0. The lowest BCUT2D eigenvalue weighted by Crippen LogP contribution is -2.15. The van der Waals surface area contributed by atoms with Crippen LogP contribution in [0.2, 0.25) is 0 Å². The monoisotopic (exact) mass is 546 g/mol. The quantitative estimate of drug-likeness (QED) is 0.272. The molecule has 0 saturated heterocycles. The molecule has 2 N–H and O–H groups in total. The van der Waals surface area contributed by atoms with Gasteiger partial charge in [-0.1, -0.05) is 42.5 Å². The average molecular weight is 547 g/mol. The van der Waals surface area contributed by atoms with Crippen LogP contribution in [0.5, 0.6) is 0 Å². The van der Waals surface area contributed by atoms with Crippen molar-refractivity contribution in [1.29, 1.82) is 0 Å². The van der Waals surface area contributed by atoms with Crippen LogP contribution >= 0.6 is 0 Å².